The van der Waals surface area contributed by atoms with E-state index in [2.05, 4.69) is 10.7 Å². The van der Waals surface area contributed by atoms with E-state index in [1.165, 1.54) is 23.6 Å². The Morgan fingerprint density at radius 1 is 0.771 bits per heavy atom. The second kappa shape index (κ2) is 15.0. The van der Waals surface area contributed by atoms with Crippen molar-refractivity contribution in [1.29, 1.82) is 0 Å². The number of hydrogen-bond donors (Lipinski definition) is 2. The summed E-state index contributed by atoms with van der Waals surface area (Å²) in [7, 11) is 1.27. The van der Waals surface area contributed by atoms with E-state index >= 15 is 0 Å². The number of aromatic nitrogens is 2. The minimum Gasteiger partial charge on any atom is -0.465 e. The maximum absolute atomic E-state index is 14.3. The van der Waals surface area contributed by atoms with E-state index in [-0.39, 0.29) is 17.0 Å². The van der Waals surface area contributed by atoms with Gasteiger partial charge in [0.05, 0.1) is 24.2 Å². The fourth-order valence-electron chi connectivity index (χ4n) is 4.80. The third kappa shape index (κ3) is 7.44. The van der Waals surface area contributed by atoms with Gasteiger partial charge < -0.3 is 10.1 Å². The standard InChI is InChI=1S/C37H27Cl2N5O3S/c1-47-37(46)32-33(24-16-20-26(38)21-17-24)43-44(29-12-6-3-7-13-29)34(32)35(45)40-30-14-8-9-15-31(30)48-36(25-18-22-27(39)23-19-25)42-41-28-10-4-2-5-11-28/h2-23,41H,1H3,(H,40,45). The SMILES string of the molecule is COC(=O)c1c(-c2ccc(Cl)cc2)nn(-c2ccccc2)c1C(=O)Nc1ccccc1SC(=NNc1ccccc1)c1ccc(Cl)cc1. The average Bonchev–Trinajstić information content (AvgIpc) is 3.53. The highest BCUT2D eigenvalue weighted by Crippen LogP contribution is 2.34. The molecule has 1 heterocycles. The number of esters is 1. The van der Waals surface area contributed by atoms with E-state index in [0.717, 1.165) is 11.3 Å². The van der Waals surface area contributed by atoms with Gasteiger partial charge in [-0.3, -0.25) is 10.2 Å². The molecule has 0 unspecified atom stereocenters. The summed E-state index contributed by atoms with van der Waals surface area (Å²) in [6, 6.07) is 40.2. The molecule has 0 spiro atoms. The fourth-order valence-corrected chi connectivity index (χ4v) is 5.98. The smallest absolute Gasteiger partial charge is 0.342 e. The Kier molecular flexibility index (Phi) is 10.2. The van der Waals surface area contributed by atoms with Crippen molar-refractivity contribution in [2.45, 2.75) is 4.90 Å². The number of hydrazone groups is 1. The van der Waals surface area contributed by atoms with Crippen molar-refractivity contribution in [2.24, 2.45) is 5.10 Å². The van der Waals surface area contributed by atoms with Gasteiger partial charge in [0, 0.05) is 26.1 Å². The lowest BCUT2D eigenvalue weighted by Gasteiger charge is -2.14. The van der Waals surface area contributed by atoms with Gasteiger partial charge in [-0.25, -0.2) is 9.48 Å². The summed E-state index contributed by atoms with van der Waals surface area (Å²) >= 11 is 13.7. The van der Waals surface area contributed by atoms with Gasteiger partial charge in [0.15, 0.2) is 0 Å². The van der Waals surface area contributed by atoms with Crippen LogP contribution in [0.1, 0.15) is 26.4 Å². The zero-order valence-electron chi connectivity index (χ0n) is 25.4. The quantitative estimate of drug-likeness (QED) is 0.0515. The van der Waals surface area contributed by atoms with Crippen LogP contribution in [0.3, 0.4) is 0 Å². The molecule has 0 aliphatic carbocycles. The Balaban J connectivity index is 1.41. The molecule has 48 heavy (non-hydrogen) atoms. The molecule has 6 aromatic rings. The summed E-state index contributed by atoms with van der Waals surface area (Å²) < 4.78 is 6.63. The molecule has 238 valence electrons. The largest absolute Gasteiger partial charge is 0.465 e. The monoisotopic (exact) mass is 691 g/mol. The number of methoxy groups -OCH3 is 1. The molecule has 11 heteroatoms. The van der Waals surface area contributed by atoms with Crippen molar-refractivity contribution in [1.82, 2.24) is 9.78 Å². The van der Waals surface area contributed by atoms with Crippen molar-refractivity contribution in [3.63, 3.8) is 0 Å². The van der Waals surface area contributed by atoms with Gasteiger partial charge in [-0.05, 0) is 60.7 Å². The highest BCUT2D eigenvalue weighted by Gasteiger charge is 2.31. The van der Waals surface area contributed by atoms with Gasteiger partial charge in [-0.1, -0.05) is 108 Å². The predicted octanol–water partition coefficient (Wildman–Crippen LogP) is 9.45. The van der Waals surface area contributed by atoms with Gasteiger partial charge >= 0.3 is 5.97 Å². The number of anilines is 2. The second-order valence-electron chi connectivity index (χ2n) is 10.3. The number of hydrogen-bond acceptors (Lipinski definition) is 7. The van der Waals surface area contributed by atoms with E-state index in [1.54, 1.807) is 54.6 Å². The predicted molar refractivity (Wildman–Crippen MR) is 194 cm³/mol. The molecule has 0 atom stereocenters. The van der Waals surface area contributed by atoms with Crippen LogP contribution in [-0.4, -0.2) is 33.8 Å². The number of halogens is 2. The molecule has 0 bridgehead atoms. The Hall–Kier alpha value is -5.35. The van der Waals surface area contributed by atoms with Crippen LogP contribution in [0.2, 0.25) is 10.0 Å². The second-order valence-corrected chi connectivity index (χ2v) is 12.2. The summed E-state index contributed by atoms with van der Waals surface area (Å²) in [4.78, 5) is 28.4. The van der Waals surface area contributed by atoms with Crippen molar-refractivity contribution in [3.05, 3.63) is 160 Å². The number of para-hydroxylation sites is 3. The Morgan fingerprint density at radius 3 is 2.04 bits per heavy atom. The number of thioether (sulfide) groups is 1. The summed E-state index contributed by atoms with van der Waals surface area (Å²) in [5.74, 6) is -1.27. The maximum Gasteiger partial charge on any atom is 0.342 e. The molecular weight excluding hydrogens is 665 g/mol. The minimum absolute atomic E-state index is 0.00939. The van der Waals surface area contributed by atoms with Crippen LogP contribution in [0.4, 0.5) is 11.4 Å². The fraction of sp³-hybridized carbons (Fsp3) is 0.0270. The summed E-state index contributed by atoms with van der Waals surface area (Å²) in [5.41, 5.74) is 6.72. The highest BCUT2D eigenvalue weighted by atomic mass is 35.5. The van der Waals surface area contributed by atoms with Crippen LogP contribution in [0, 0.1) is 0 Å². The molecule has 0 fully saturated rings. The summed E-state index contributed by atoms with van der Waals surface area (Å²) in [6.45, 7) is 0. The molecule has 0 saturated heterocycles. The lowest BCUT2D eigenvalue weighted by Crippen LogP contribution is -2.21. The zero-order chi connectivity index (χ0) is 33.5. The molecule has 0 saturated carbocycles. The molecule has 5 aromatic carbocycles. The topological polar surface area (TPSA) is 97.6 Å². The number of benzene rings is 5. The number of nitrogens with one attached hydrogen (secondary N) is 2. The first-order chi connectivity index (χ1) is 23.4. The summed E-state index contributed by atoms with van der Waals surface area (Å²) in [5, 5.41) is 14.2. The van der Waals surface area contributed by atoms with E-state index in [1.807, 2.05) is 78.9 Å². The number of nitrogens with zero attached hydrogens (tertiary/aromatic N) is 3. The lowest BCUT2D eigenvalue weighted by molar-refractivity contribution is 0.0598. The van der Waals surface area contributed by atoms with Gasteiger partial charge in [-0.15, -0.1) is 0 Å². The first-order valence-corrected chi connectivity index (χ1v) is 16.2. The van der Waals surface area contributed by atoms with E-state index in [9.17, 15) is 9.59 Å². The lowest BCUT2D eigenvalue weighted by atomic mass is 10.1. The van der Waals surface area contributed by atoms with Crippen molar-refractivity contribution < 1.29 is 14.3 Å². The molecule has 1 aromatic heterocycles. The number of amides is 1. The van der Waals surface area contributed by atoms with Crippen LogP contribution in [0.15, 0.2) is 143 Å². The van der Waals surface area contributed by atoms with Crippen molar-refractivity contribution in [2.75, 3.05) is 17.9 Å². The van der Waals surface area contributed by atoms with Crippen LogP contribution < -0.4 is 10.7 Å². The summed E-state index contributed by atoms with van der Waals surface area (Å²) in [6.07, 6.45) is 0. The molecule has 0 aliphatic rings. The van der Waals surface area contributed by atoms with E-state index < -0.39 is 11.9 Å². The van der Waals surface area contributed by atoms with Crippen molar-refractivity contribution >= 4 is 63.3 Å². The molecule has 2 N–H and O–H groups in total. The van der Waals surface area contributed by atoms with E-state index in [4.69, 9.17) is 38.1 Å². The number of ether oxygens (including phenoxy) is 1. The molecule has 6 rings (SSSR count). The first-order valence-electron chi connectivity index (χ1n) is 14.7. The van der Waals surface area contributed by atoms with Crippen LogP contribution >= 0.6 is 35.0 Å². The normalized spacial score (nSPS) is 11.2. The van der Waals surface area contributed by atoms with Gasteiger partial charge in [-0.2, -0.15) is 10.2 Å². The third-order valence-corrected chi connectivity index (χ3v) is 8.70. The minimum atomic E-state index is -0.709. The molecule has 0 radical (unpaired) electrons. The van der Waals surface area contributed by atoms with Gasteiger partial charge in [0.1, 0.15) is 22.0 Å². The molecule has 1 amide bonds. The zero-order valence-corrected chi connectivity index (χ0v) is 27.8. The molecular formula is C37H27Cl2N5O3S. The highest BCUT2D eigenvalue weighted by molar-refractivity contribution is 8.14. The Labute approximate surface area is 291 Å². The van der Waals surface area contributed by atoms with Crippen molar-refractivity contribution in [3.8, 4) is 16.9 Å². The third-order valence-electron chi connectivity index (χ3n) is 7.10. The molecule has 8 nitrogen and oxygen atoms in total. The van der Waals surface area contributed by atoms with Crippen LogP contribution in [0.5, 0.6) is 0 Å². The Bertz CT molecular complexity index is 2090. The first kappa shape index (κ1) is 32.6. The molecule has 0 aliphatic heterocycles. The van der Waals surface area contributed by atoms with Crippen LogP contribution in [0.25, 0.3) is 16.9 Å². The number of rotatable bonds is 9. The van der Waals surface area contributed by atoms with Crippen LogP contribution in [-0.2, 0) is 4.74 Å². The van der Waals surface area contributed by atoms with E-state index in [0.29, 0.717) is 36.9 Å². The maximum atomic E-state index is 14.3. The number of carbonyl (C=O) groups is 2. The van der Waals surface area contributed by atoms with Gasteiger partial charge in [0.25, 0.3) is 5.91 Å². The van der Waals surface area contributed by atoms with Gasteiger partial charge in [0.2, 0.25) is 0 Å². The number of carbonyl (C=O) groups excluding carboxylic acids is 2. The average molecular weight is 693 g/mol. The Morgan fingerprint density at radius 2 is 1.38 bits per heavy atom.